The molecule has 0 amide bonds. The van der Waals surface area contributed by atoms with E-state index in [0.717, 1.165) is 33.9 Å². The number of thioether (sulfide) groups is 1. The molecule has 0 unspecified atom stereocenters. The van der Waals surface area contributed by atoms with Crippen LogP contribution in [0, 0.1) is 13.8 Å². The number of aromatic nitrogens is 2. The zero-order chi connectivity index (χ0) is 17.9. The summed E-state index contributed by atoms with van der Waals surface area (Å²) in [5.74, 6) is 3.54. The summed E-state index contributed by atoms with van der Waals surface area (Å²) in [4.78, 5) is 0. The Hall–Kier alpha value is -2.67. The Morgan fingerprint density at radius 1 is 1.04 bits per heavy atom. The summed E-state index contributed by atoms with van der Waals surface area (Å²) < 4.78 is 22.3. The van der Waals surface area contributed by atoms with Crippen molar-refractivity contribution in [2.75, 3.05) is 19.2 Å². The van der Waals surface area contributed by atoms with Crippen LogP contribution in [0.1, 0.15) is 11.1 Å². The minimum atomic E-state index is 0.240. The van der Waals surface area contributed by atoms with Gasteiger partial charge < -0.3 is 18.6 Å². The molecule has 0 spiro atoms. The average Bonchev–Trinajstić information content (AvgIpc) is 3.29. The van der Waals surface area contributed by atoms with Crippen molar-refractivity contribution >= 4 is 11.8 Å². The molecule has 4 rings (SSSR count). The van der Waals surface area contributed by atoms with E-state index in [4.69, 9.17) is 18.6 Å². The average molecular weight is 370 g/mol. The fourth-order valence-corrected chi connectivity index (χ4v) is 3.29. The number of aryl methyl sites for hydroxylation is 2. The number of ether oxygens (including phenoxy) is 3. The van der Waals surface area contributed by atoms with Gasteiger partial charge in [0.05, 0.1) is 6.61 Å². The van der Waals surface area contributed by atoms with Crippen LogP contribution in [-0.2, 0) is 0 Å². The zero-order valence-electron chi connectivity index (χ0n) is 14.5. The zero-order valence-corrected chi connectivity index (χ0v) is 15.3. The van der Waals surface area contributed by atoms with Gasteiger partial charge in [0, 0.05) is 11.3 Å². The van der Waals surface area contributed by atoms with Crippen LogP contribution in [0.2, 0.25) is 0 Å². The first-order valence-corrected chi connectivity index (χ1v) is 9.24. The standard InChI is InChI=1S/C19H18N2O4S/c1-12-4-3-5-13(2)17(12)22-8-9-26-19-21-20-18(25-19)14-6-7-15-16(10-14)24-11-23-15/h3-7,10H,8-9,11H2,1-2H3. The van der Waals surface area contributed by atoms with Crippen molar-refractivity contribution in [1.29, 1.82) is 0 Å². The largest absolute Gasteiger partial charge is 0.492 e. The highest BCUT2D eigenvalue weighted by molar-refractivity contribution is 7.99. The molecule has 134 valence electrons. The minimum Gasteiger partial charge on any atom is -0.492 e. The van der Waals surface area contributed by atoms with Crippen LogP contribution in [0.5, 0.6) is 17.2 Å². The van der Waals surface area contributed by atoms with Crippen LogP contribution in [-0.4, -0.2) is 29.4 Å². The van der Waals surface area contributed by atoms with Crippen molar-refractivity contribution < 1.29 is 18.6 Å². The fourth-order valence-electron chi connectivity index (χ4n) is 2.71. The SMILES string of the molecule is Cc1cccc(C)c1OCCSc1nnc(-c2ccc3c(c2)OCO3)o1. The first kappa shape index (κ1) is 16.8. The lowest BCUT2D eigenvalue weighted by Gasteiger charge is -2.10. The van der Waals surface area contributed by atoms with E-state index < -0.39 is 0 Å². The molecule has 3 aromatic rings. The van der Waals surface area contributed by atoms with Crippen LogP contribution >= 0.6 is 11.8 Å². The molecule has 0 radical (unpaired) electrons. The van der Waals surface area contributed by atoms with Gasteiger partial charge in [-0.05, 0) is 43.2 Å². The van der Waals surface area contributed by atoms with E-state index in [1.807, 2.05) is 50.2 Å². The van der Waals surface area contributed by atoms with Gasteiger partial charge in [0.1, 0.15) is 5.75 Å². The third kappa shape index (κ3) is 3.48. The second kappa shape index (κ2) is 7.29. The van der Waals surface area contributed by atoms with Gasteiger partial charge in [-0.15, -0.1) is 10.2 Å². The maximum Gasteiger partial charge on any atom is 0.276 e. The van der Waals surface area contributed by atoms with Gasteiger partial charge in [0.2, 0.25) is 12.7 Å². The number of benzene rings is 2. The van der Waals surface area contributed by atoms with E-state index >= 15 is 0 Å². The normalized spacial score (nSPS) is 12.4. The Labute approximate surface area is 155 Å². The minimum absolute atomic E-state index is 0.240. The van der Waals surface area contributed by atoms with Gasteiger partial charge in [-0.25, -0.2) is 0 Å². The summed E-state index contributed by atoms with van der Waals surface area (Å²) in [6.45, 7) is 4.90. The highest BCUT2D eigenvalue weighted by Gasteiger charge is 2.16. The van der Waals surface area contributed by atoms with E-state index in [-0.39, 0.29) is 6.79 Å². The monoisotopic (exact) mass is 370 g/mol. The Morgan fingerprint density at radius 2 is 1.85 bits per heavy atom. The summed E-state index contributed by atoms with van der Waals surface area (Å²) in [6, 6.07) is 11.7. The topological polar surface area (TPSA) is 66.6 Å². The first-order valence-electron chi connectivity index (χ1n) is 8.26. The van der Waals surface area contributed by atoms with Crippen molar-refractivity contribution in [2.24, 2.45) is 0 Å². The van der Waals surface area contributed by atoms with Crippen molar-refractivity contribution in [3.63, 3.8) is 0 Å². The molecule has 1 aliphatic heterocycles. The van der Waals surface area contributed by atoms with Crippen molar-refractivity contribution in [3.05, 3.63) is 47.5 Å². The molecule has 1 aromatic heterocycles. The molecule has 2 aromatic carbocycles. The number of nitrogens with zero attached hydrogens (tertiary/aromatic N) is 2. The molecule has 26 heavy (non-hydrogen) atoms. The molecule has 0 atom stereocenters. The van der Waals surface area contributed by atoms with Gasteiger partial charge >= 0.3 is 0 Å². The molecule has 0 saturated heterocycles. The maximum absolute atomic E-state index is 5.89. The van der Waals surface area contributed by atoms with E-state index in [1.54, 1.807) is 0 Å². The molecule has 6 nitrogen and oxygen atoms in total. The van der Waals surface area contributed by atoms with Crippen LogP contribution in [0.25, 0.3) is 11.5 Å². The lowest BCUT2D eigenvalue weighted by atomic mass is 10.1. The van der Waals surface area contributed by atoms with E-state index in [2.05, 4.69) is 10.2 Å². The Morgan fingerprint density at radius 3 is 2.69 bits per heavy atom. The van der Waals surface area contributed by atoms with Crippen LogP contribution in [0.15, 0.2) is 46.0 Å². The van der Waals surface area contributed by atoms with Gasteiger partial charge in [0.15, 0.2) is 11.5 Å². The molecule has 1 aliphatic rings. The Kier molecular flexibility index (Phi) is 4.71. The van der Waals surface area contributed by atoms with Crippen LogP contribution in [0.4, 0.5) is 0 Å². The quantitative estimate of drug-likeness (QED) is 0.474. The van der Waals surface area contributed by atoms with Gasteiger partial charge in [-0.1, -0.05) is 30.0 Å². The molecule has 7 heteroatoms. The molecule has 0 bridgehead atoms. The van der Waals surface area contributed by atoms with Gasteiger partial charge in [-0.3, -0.25) is 0 Å². The molecule has 0 N–H and O–H groups in total. The van der Waals surface area contributed by atoms with Crippen LogP contribution < -0.4 is 14.2 Å². The predicted octanol–water partition coefficient (Wildman–Crippen LogP) is 4.25. The van der Waals surface area contributed by atoms with E-state index in [1.165, 1.54) is 11.8 Å². The third-order valence-corrected chi connectivity index (χ3v) is 4.77. The first-order chi connectivity index (χ1) is 12.7. The molecule has 0 fully saturated rings. The lowest BCUT2D eigenvalue weighted by Crippen LogP contribution is -2.02. The summed E-state index contributed by atoms with van der Waals surface area (Å²) in [5.41, 5.74) is 3.08. The third-order valence-electron chi connectivity index (χ3n) is 3.99. The van der Waals surface area contributed by atoms with Crippen molar-refractivity contribution in [2.45, 2.75) is 19.1 Å². The van der Waals surface area contributed by atoms with E-state index in [9.17, 15) is 0 Å². The Bertz CT molecular complexity index is 905. The number of rotatable bonds is 6. The molecular weight excluding hydrogens is 352 g/mol. The second-order valence-electron chi connectivity index (χ2n) is 5.86. The Balaban J connectivity index is 1.34. The molecular formula is C19H18N2O4S. The number of para-hydroxylation sites is 1. The van der Waals surface area contributed by atoms with Gasteiger partial charge in [0.25, 0.3) is 5.22 Å². The second-order valence-corrected chi connectivity index (χ2v) is 6.91. The molecule has 2 heterocycles. The highest BCUT2D eigenvalue weighted by atomic mass is 32.2. The van der Waals surface area contributed by atoms with E-state index in [0.29, 0.717) is 23.5 Å². The fraction of sp³-hybridized carbons (Fsp3) is 0.263. The van der Waals surface area contributed by atoms with Crippen molar-refractivity contribution in [1.82, 2.24) is 10.2 Å². The summed E-state index contributed by atoms with van der Waals surface area (Å²) in [7, 11) is 0. The lowest BCUT2D eigenvalue weighted by molar-refractivity contribution is 0.174. The molecule has 0 saturated carbocycles. The smallest absolute Gasteiger partial charge is 0.276 e. The van der Waals surface area contributed by atoms with Gasteiger partial charge in [-0.2, -0.15) is 0 Å². The summed E-state index contributed by atoms with van der Waals surface area (Å²) >= 11 is 1.47. The summed E-state index contributed by atoms with van der Waals surface area (Å²) in [5, 5.41) is 8.70. The molecule has 0 aliphatic carbocycles. The number of hydrogen-bond acceptors (Lipinski definition) is 7. The number of fused-ring (bicyclic) bond motifs is 1. The number of hydrogen-bond donors (Lipinski definition) is 0. The highest BCUT2D eigenvalue weighted by Crippen LogP contribution is 2.36. The predicted molar refractivity (Wildman–Crippen MR) is 98.0 cm³/mol. The van der Waals surface area contributed by atoms with Crippen LogP contribution in [0.3, 0.4) is 0 Å². The van der Waals surface area contributed by atoms with Crippen molar-refractivity contribution in [3.8, 4) is 28.7 Å². The summed E-state index contributed by atoms with van der Waals surface area (Å²) in [6.07, 6.45) is 0. The maximum atomic E-state index is 5.89.